The molecule has 0 amide bonds. The normalized spacial score (nSPS) is 19.6. The standard InChI is InChI=1S/C18H19BrN2O2/c19-14-6-3-5-13(11-14)17(12-15-7-1-2-9-20-15)21-10-4-8-16(21)18(22)23/h1-3,5-7,9,11,16-17H,4,8,10,12H2,(H,22,23). The lowest BCUT2D eigenvalue weighted by atomic mass is 9.99. The highest BCUT2D eigenvalue weighted by Gasteiger charge is 2.36. The van der Waals surface area contributed by atoms with Crippen molar-refractivity contribution in [2.24, 2.45) is 0 Å². The largest absolute Gasteiger partial charge is 0.480 e. The number of benzene rings is 1. The van der Waals surface area contributed by atoms with Crippen molar-refractivity contribution in [3.63, 3.8) is 0 Å². The molecule has 1 aromatic heterocycles. The maximum atomic E-state index is 11.6. The van der Waals surface area contributed by atoms with Gasteiger partial charge in [0.05, 0.1) is 0 Å². The van der Waals surface area contributed by atoms with Gasteiger partial charge in [-0.25, -0.2) is 0 Å². The van der Waals surface area contributed by atoms with Crippen molar-refractivity contribution in [2.75, 3.05) is 6.54 Å². The molecule has 2 heterocycles. The first-order chi connectivity index (χ1) is 11.1. The van der Waals surface area contributed by atoms with Crippen molar-refractivity contribution in [3.05, 3.63) is 64.4 Å². The number of carbonyl (C=O) groups is 1. The fraction of sp³-hybridized carbons (Fsp3) is 0.333. The van der Waals surface area contributed by atoms with Gasteiger partial charge < -0.3 is 5.11 Å². The molecule has 1 aliphatic heterocycles. The third-order valence-corrected chi connectivity index (χ3v) is 4.83. The molecule has 2 atom stereocenters. The van der Waals surface area contributed by atoms with Crippen molar-refractivity contribution in [2.45, 2.75) is 31.3 Å². The Morgan fingerprint density at radius 2 is 2.22 bits per heavy atom. The summed E-state index contributed by atoms with van der Waals surface area (Å²) in [7, 11) is 0. The molecule has 2 aromatic rings. The Bertz CT molecular complexity index is 678. The first-order valence-electron chi connectivity index (χ1n) is 7.79. The maximum absolute atomic E-state index is 11.6. The number of rotatable bonds is 5. The lowest BCUT2D eigenvalue weighted by Gasteiger charge is -2.31. The molecule has 1 aromatic carbocycles. The Hall–Kier alpha value is -1.72. The van der Waals surface area contributed by atoms with Crippen LogP contribution in [0.4, 0.5) is 0 Å². The van der Waals surface area contributed by atoms with Crippen molar-refractivity contribution in [1.29, 1.82) is 0 Å². The van der Waals surface area contributed by atoms with Gasteiger partial charge >= 0.3 is 5.97 Å². The fourth-order valence-corrected chi connectivity index (χ4v) is 3.70. The molecule has 5 heteroatoms. The van der Waals surface area contributed by atoms with Crippen LogP contribution in [0.1, 0.15) is 30.1 Å². The summed E-state index contributed by atoms with van der Waals surface area (Å²) < 4.78 is 1.01. The van der Waals surface area contributed by atoms with Crippen LogP contribution in [-0.2, 0) is 11.2 Å². The zero-order valence-electron chi connectivity index (χ0n) is 12.7. The Kier molecular flexibility index (Phi) is 5.08. The second-order valence-corrected chi connectivity index (χ2v) is 6.75. The van der Waals surface area contributed by atoms with Crippen molar-refractivity contribution in [1.82, 2.24) is 9.88 Å². The van der Waals surface area contributed by atoms with Crippen LogP contribution in [0, 0.1) is 0 Å². The number of carboxylic acid groups (broad SMARTS) is 1. The van der Waals surface area contributed by atoms with Crippen molar-refractivity contribution >= 4 is 21.9 Å². The predicted molar refractivity (Wildman–Crippen MR) is 92.2 cm³/mol. The van der Waals surface area contributed by atoms with Gasteiger partial charge in [-0.2, -0.15) is 0 Å². The van der Waals surface area contributed by atoms with Crippen LogP contribution in [0.25, 0.3) is 0 Å². The summed E-state index contributed by atoms with van der Waals surface area (Å²) in [5, 5.41) is 9.53. The van der Waals surface area contributed by atoms with E-state index in [1.807, 2.05) is 30.3 Å². The number of aliphatic carboxylic acids is 1. The molecule has 1 fully saturated rings. The number of hydrogen-bond acceptors (Lipinski definition) is 3. The zero-order chi connectivity index (χ0) is 16.2. The molecule has 1 aliphatic rings. The average molecular weight is 375 g/mol. The minimum absolute atomic E-state index is 0.0194. The van der Waals surface area contributed by atoms with Crippen molar-refractivity contribution < 1.29 is 9.90 Å². The molecule has 120 valence electrons. The van der Waals surface area contributed by atoms with Crippen LogP contribution in [-0.4, -0.2) is 33.5 Å². The minimum atomic E-state index is -0.733. The smallest absolute Gasteiger partial charge is 0.320 e. The predicted octanol–water partition coefficient (Wildman–Crippen LogP) is 3.68. The molecule has 0 radical (unpaired) electrons. The van der Waals surface area contributed by atoms with Crippen LogP contribution in [0.5, 0.6) is 0 Å². The molecule has 23 heavy (non-hydrogen) atoms. The van der Waals surface area contributed by atoms with Gasteiger partial charge in [-0.05, 0) is 49.2 Å². The highest BCUT2D eigenvalue weighted by Crippen LogP contribution is 2.33. The summed E-state index contributed by atoms with van der Waals surface area (Å²) in [4.78, 5) is 18.1. The molecule has 1 N–H and O–H groups in total. The van der Waals surface area contributed by atoms with E-state index in [4.69, 9.17) is 0 Å². The van der Waals surface area contributed by atoms with Crippen molar-refractivity contribution in [3.8, 4) is 0 Å². The molecular weight excluding hydrogens is 356 g/mol. The van der Waals surface area contributed by atoms with Gasteiger partial charge in [-0.1, -0.05) is 34.1 Å². The molecular formula is C18H19BrN2O2. The summed E-state index contributed by atoms with van der Waals surface area (Å²) >= 11 is 3.52. The highest BCUT2D eigenvalue weighted by atomic mass is 79.9. The monoisotopic (exact) mass is 374 g/mol. The topological polar surface area (TPSA) is 53.4 Å². The number of likely N-dealkylation sites (tertiary alicyclic amines) is 1. The molecule has 2 unspecified atom stereocenters. The van der Waals surface area contributed by atoms with E-state index in [2.05, 4.69) is 37.9 Å². The second kappa shape index (κ2) is 7.23. The number of pyridine rings is 1. The Morgan fingerprint density at radius 1 is 1.35 bits per heavy atom. The summed E-state index contributed by atoms with van der Waals surface area (Å²) in [6, 6.07) is 13.6. The second-order valence-electron chi connectivity index (χ2n) is 5.83. The highest BCUT2D eigenvalue weighted by molar-refractivity contribution is 9.10. The summed E-state index contributed by atoms with van der Waals surface area (Å²) in [6.07, 6.45) is 4.12. The molecule has 1 saturated heterocycles. The summed E-state index contributed by atoms with van der Waals surface area (Å²) in [5.41, 5.74) is 2.10. The Morgan fingerprint density at radius 3 is 2.91 bits per heavy atom. The zero-order valence-corrected chi connectivity index (χ0v) is 14.3. The van der Waals surface area contributed by atoms with Crippen LogP contribution < -0.4 is 0 Å². The molecule has 0 aliphatic carbocycles. The lowest BCUT2D eigenvalue weighted by molar-refractivity contribution is -0.143. The van der Waals surface area contributed by atoms with Crippen LogP contribution in [0.2, 0.25) is 0 Å². The summed E-state index contributed by atoms with van der Waals surface area (Å²) in [5.74, 6) is -0.733. The van der Waals surface area contributed by atoms with Gasteiger partial charge in [0.25, 0.3) is 0 Å². The molecule has 3 rings (SSSR count). The van der Waals surface area contributed by atoms with Gasteiger partial charge in [0.1, 0.15) is 6.04 Å². The number of carboxylic acids is 1. The average Bonchev–Trinajstić information content (AvgIpc) is 3.03. The fourth-order valence-electron chi connectivity index (χ4n) is 3.28. The van der Waals surface area contributed by atoms with Gasteiger partial charge in [-0.3, -0.25) is 14.7 Å². The maximum Gasteiger partial charge on any atom is 0.320 e. The Balaban J connectivity index is 1.94. The molecule has 0 spiro atoms. The number of aromatic nitrogens is 1. The van der Waals surface area contributed by atoms with E-state index >= 15 is 0 Å². The third kappa shape index (κ3) is 3.79. The molecule has 0 saturated carbocycles. The van der Waals surface area contributed by atoms with Crippen LogP contribution >= 0.6 is 15.9 Å². The first kappa shape index (κ1) is 16.1. The van der Waals surface area contributed by atoms with Crippen LogP contribution in [0.15, 0.2) is 53.1 Å². The first-order valence-corrected chi connectivity index (χ1v) is 8.58. The van der Waals surface area contributed by atoms with E-state index in [1.54, 1.807) is 6.20 Å². The molecule has 4 nitrogen and oxygen atoms in total. The van der Waals surface area contributed by atoms with Gasteiger partial charge in [0.2, 0.25) is 0 Å². The number of halogens is 1. The van der Waals surface area contributed by atoms with E-state index in [-0.39, 0.29) is 6.04 Å². The van der Waals surface area contributed by atoms with E-state index in [0.717, 1.165) is 28.7 Å². The summed E-state index contributed by atoms with van der Waals surface area (Å²) in [6.45, 7) is 0.807. The van der Waals surface area contributed by atoms with E-state index in [9.17, 15) is 9.90 Å². The number of nitrogens with zero attached hydrogens (tertiary/aromatic N) is 2. The number of hydrogen-bond donors (Lipinski definition) is 1. The van der Waals surface area contributed by atoms with Gasteiger partial charge in [0.15, 0.2) is 0 Å². The minimum Gasteiger partial charge on any atom is -0.480 e. The van der Waals surface area contributed by atoms with Crippen LogP contribution in [0.3, 0.4) is 0 Å². The van der Waals surface area contributed by atoms with E-state index < -0.39 is 12.0 Å². The van der Waals surface area contributed by atoms with E-state index in [0.29, 0.717) is 12.8 Å². The lowest BCUT2D eigenvalue weighted by Crippen LogP contribution is -2.39. The third-order valence-electron chi connectivity index (χ3n) is 4.34. The van der Waals surface area contributed by atoms with Gasteiger partial charge in [0, 0.05) is 28.8 Å². The quantitative estimate of drug-likeness (QED) is 0.866. The molecule has 0 bridgehead atoms. The van der Waals surface area contributed by atoms with Gasteiger partial charge in [-0.15, -0.1) is 0 Å². The Labute approximate surface area is 144 Å². The van der Waals surface area contributed by atoms with E-state index in [1.165, 1.54) is 0 Å². The SMILES string of the molecule is O=C(O)C1CCCN1C(Cc1ccccn1)c1cccc(Br)c1.